The summed E-state index contributed by atoms with van der Waals surface area (Å²) in [4.78, 5) is 15.8. The van der Waals surface area contributed by atoms with E-state index in [2.05, 4.69) is 23.2 Å². The Bertz CT molecular complexity index is 620. The minimum atomic E-state index is -0.000702. The molecular formula is C17H23N3O2S. The lowest BCUT2D eigenvalue weighted by Crippen LogP contribution is -2.42. The van der Waals surface area contributed by atoms with Gasteiger partial charge in [-0.05, 0) is 38.2 Å². The van der Waals surface area contributed by atoms with Crippen molar-refractivity contribution in [3.05, 3.63) is 16.0 Å². The van der Waals surface area contributed by atoms with Crippen molar-refractivity contribution in [2.24, 2.45) is 0 Å². The number of nitrogens with one attached hydrogen (secondary N) is 1. The fraction of sp³-hybridized carbons (Fsp3) is 0.647. The van der Waals surface area contributed by atoms with Gasteiger partial charge in [-0.15, -0.1) is 11.3 Å². The molecule has 1 N–H and O–H groups in total. The van der Waals surface area contributed by atoms with Gasteiger partial charge in [0, 0.05) is 30.9 Å². The van der Waals surface area contributed by atoms with Crippen molar-refractivity contribution < 1.29 is 9.53 Å². The average molecular weight is 333 g/mol. The largest absolute Gasteiger partial charge is 0.376 e. The Morgan fingerprint density at radius 1 is 1.48 bits per heavy atom. The van der Waals surface area contributed by atoms with Crippen LogP contribution in [0.2, 0.25) is 0 Å². The third-order valence-corrected chi connectivity index (χ3v) is 5.72. The molecule has 6 heteroatoms. The minimum Gasteiger partial charge on any atom is -0.376 e. The van der Waals surface area contributed by atoms with Gasteiger partial charge in [-0.25, -0.2) is 0 Å². The average Bonchev–Trinajstić information content (AvgIpc) is 2.90. The number of morpholine rings is 1. The molecule has 1 aromatic rings. The Labute approximate surface area is 141 Å². The molecule has 2 heterocycles. The summed E-state index contributed by atoms with van der Waals surface area (Å²) >= 11 is 1.59. The molecule has 0 spiro atoms. The number of nitrogens with zero attached hydrogens (tertiary/aromatic N) is 2. The van der Waals surface area contributed by atoms with Crippen molar-refractivity contribution in [2.75, 3.05) is 31.6 Å². The second-order valence-electron chi connectivity index (χ2n) is 6.31. The number of hydrogen-bond acceptors (Lipinski definition) is 5. The van der Waals surface area contributed by atoms with Gasteiger partial charge in [-0.3, -0.25) is 9.69 Å². The van der Waals surface area contributed by atoms with Gasteiger partial charge >= 0.3 is 0 Å². The molecule has 1 aromatic heterocycles. The van der Waals surface area contributed by atoms with Crippen LogP contribution in [-0.2, 0) is 22.4 Å². The van der Waals surface area contributed by atoms with Crippen LogP contribution in [0.4, 0.5) is 5.00 Å². The fourth-order valence-electron chi connectivity index (χ4n) is 3.31. The first-order chi connectivity index (χ1) is 11.2. The predicted molar refractivity (Wildman–Crippen MR) is 90.8 cm³/mol. The number of thiophene rings is 1. The van der Waals surface area contributed by atoms with E-state index in [1.807, 2.05) is 0 Å². The molecule has 0 bridgehead atoms. The third kappa shape index (κ3) is 3.92. The minimum absolute atomic E-state index is 0.000702. The molecule has 3 rings (SSSR count). The zero-order valence-corrected chi connectivity index (χ0v) is 14.4. The fourth-order valence-corrected chi connectivity index (χ4v) is 4.57. The van der Waals surface area contributed by atoms with E-state index in [4.69, 9.17) is 4.74 Å². The second-order valence-corrected chi connectivity index (χ2v) is 7.41. The SMILES string of the molecule is CC1CN(CCC(=O)Nc2sc3c(c2C#N)CCCC3)CCO1. The van der Waals surface area contributed by atoms with Crippen LogP contribution in [0, 0.1) is 11.3 Å². The Kier molecular flexibility index (Phi) is 5.31. The number of carbonyl (C=O) groups excluding carboxylic acids is 1. The van der Waals surface area contributed by atoms with E-state index in [9.17, 15) is 10.1 Å². The molecular weight excluding hydrogens is 310 g/mol. The van der Waals surface area contributed by atoms with Gasteiger partial charge in [0.15, 0.2) is 0 Å². The van der Waals surface area contributed by atoms with Gasteiger partial charge < -0.3 is 10.1 Å². The maximum atomic E-state index is 12.2. The molecule has 1 saturated heterocycles. The monoisotopic (exact) mass is 333 g/mol. The van der Waals surface area contributed by atoms with E-state index < -0.39 is 0 Å². The van der Waals surface area contributed by atoms with Crippen LogP contribution >= 0.6 is 11.3 Å². The number of aryl methyl sites for hydroxylation is 1. The highest BCUT2D eigenvalue weighted by molar-refractivity contribution is 7.16. The van der Waals surface area contributed by atoms with Gasteiger partial charge in [-0.1, -0.05) is 0 Å². The summed E-state index contributed by atoms with van der Waals surface area (Å²) in [6.45, 7) is 5.30. The number of nitriles is 1. The number of rotatable bonds is 4. The molecule has 0 saturated carbocycles. The Morgan fingerprint density at radius 2 is 2.30 bits per heavy atom. The summed E-state index contributed by atoms with van der Waals surface area (Å²) in [7, 11) is 0. The quantitative estimate of drug-likeness (QED) is 0.919. The highest BCUT2D eigenvalue weighted by atomic mass is 32.1. The van der Waals surface area contributed by atoms with Gasteiger partial charge in [-0.2, -0.15) is 5.26 Å². The molecule has 0 aromatic carbocycles. The van der Waals surface area contributed by atoms with Gasteiger partial charge in [0.1, 0.15) is 11.1 Å². The second kappa shape index (κ2) is 7.43. The van der Waals surface area contributed by atoms with Crippen LogP contribution < -0.4 is 5.32 Å². The molecule has 2 aliphatic rings. The number of carbonyl (C=O) groups is 1. The molecule has 23 heavy (non-hydrogen) atoms. The van der Waals surface area contributed by atoms with Crippen molar-refractivity contribution in [2.45, 2.75) is 45.1 Å². The topological polar surface area (TPSA) is 65.4 Å². The lowest BCUT2D eigenvalue weighted by atomic mass is 9.96. The summed E-state index contributed by atoms with van der Waals surface area (Å²) in [6.07, 6.45) is 5.02. The first-order valence-corrected chi connectivity index (χ1v) is 9.17. The molecule has 5 nitrogen and oxygen atoms in total. The number of anilines is 1. The zero-order chi connectivity index (χ0) is 16.2. The molecule has 1 aliphatic carbocycles. The number of hydrogen-bond donors (Lipinski definition) is 1. The first kappa shape index (κ1) is 16.4. The van der Waals surface area contributed by atoms with E-state index in [1.165, 1.54) is 16.9 Å². The molecule has 1 fully saturated rings. The van der Waals surface area contributed by atoms with Crippen LogP contribution in [-0.4, -0.2) is 43.2 Å². The maximum absolute atomic E-state index is 12.2. The zero-order valence-electron chi connectivity index (χ0n) is 13.6. The van der Waals surface area contributed by atoms with Crippen molar-refractivity contribution >= 4 is 22.2 Å². The molecule has 1 amide bonds. The Morgan fingerprint density at radius 3 is 3.09 bits per heavy atom. The van der Waals surface area contributed by atoms with E-state index in [-0.39, 0.29) is 12.0 Å². The van der Waals surface area contributed by atoms with E-state index in [0.29, 0.717) is 12.0 Å². The molecule has 1 unspecified atom stereocenters. The summed E-state index contributed by atoms with van der Waals surface area (Å²) in [5.41, 5.74) is 1.86. The Hall–Kier alpha value is -1.42. The van der Waals surface area contributed by atoms with Crippen molar-refractivity contribution in [3.63, 3.8) is 0 Å². The normalized spacial score (nSPS) is 21.5. The standard InChI is InChI=1S/C17H23N3O2S/c1-12-11-20(8-9-22-12)7-6-16(21)19-17-14(10-18)13-4-2-3-5-15(13)23-17/h12H,2-9,11H2,1H3,(H,19,21). The summed E-state index contributed by atoms with van der Waals surface area (Å²) < 4.78 is 5.51. The van der Waals surface area contributed by atoms with Crippen LogP contribution in [0.15, 0.2) is 0 Å². The van der Waals surface area contributed by atoms with Crippen LogP contribution in [0.1, 0.15) is 42.2 Å². The number of fused-ring (bicyclic) bond motifs is 1. The maximum Gasteiger partial charge on any atom is 0.226 e. The van der Waals surface area contributed by atoms with E-state index in [1.54, 1.807) is 11.3 Å². The molecule has 124 valence electrons. The van der Waals surface area contributed by atoms with E-state index >= 15 is 0 Å². The lowest BCUT2D eigenvalue weighted by molar-refractivity contribution is -0.117. The highest BCUT2D eigenvalue weighted by Crippen LogP contribution is 2.37. The van der Waals surface area contributed by atoms with Gasteiger partial charge in [0.05, 0.1) is 18.3 Å². The molecule has 1 atom stereocenters. The van der Waals surface area contributed by atoms with Crippen molar-refractivity contribution in [1.82, 2.24) is 4.90 Å². The summed E-state index contributed by atoms with van der Waals surface area (Å²) in [6, 6.07) is 2.29. The van der Waals surface area contributed by atoms with Crippen LogP contribution in [0.25, 0.3) is 0 Å². The summed E-state index contributed by atoms with van der Waals surface area (Å²) in [5.74, 6) is -0.000702. The van der Waals surface area contributed by atoms with Crippen LogP contribution in [0.5, 0.6) is 0 Å². The highest BCUT2D eigenvalue weighted by Gasteiger charge is 2.22. The predicted octanol–water partition coefficient (Wildman–Crippen LogP) is 2.55. The lowest BCUT2D eigenvalue weighted by Gasteiger charge is -2.30. The smallest absolute Gasteiger partial charge is 0.226 e. The van der Waals surface area contributed by atoms with Gasteiger partial charge in [0.2, 0.25) is 5.91 Å². The molecule has 0 radical (unpaired) electrons. The van der Waals surface area contributed by atoms with Crippen molar-refractivity contribution in [3.8, 4) is 6.07 Å². The summed E-state index contributed by atoms with van der Waals surface area (Å²) in [5, 5.41) is 13.1. The number of ether oxygens (including phenoxy) is 1. The van der Waals surface area contributed by atoms with E-state index in [0.717, 1.165) is 50.5 Å². The third-order valence-electron chi connectivity index (χ3n) is 4.52. The molecule has 1 aliphatic heterocycles. The first-order valence-electron chi connectivity index (χ1n) is 8.36. The number of amides is 1. The Balaban J connectivity index is 1.58. The van der Waals surface area contributed by atoms with Gasteiger partial charge in [0.25, 0.3) is 0 Å². The van der Waals surface area contributed by atoms with Crippen LogP contribution in [0.3, 0.4) is 0 Å². The van der Waals surface area contributed by atoms with Crippen molar-refractivity contribution in [1.29, 1.82) is 5.26 Å².